The molecule has 3 heterocycles. The number of benzene rings is 2. The lowest BCUT2D eigenvalue weighted by atomic mass is 9.92. The Morgan fingerprint density at radius 2 is 1.81 bits per heavy atom. The quantitative estimate of drug-likeness (QED) is 0.138. The van der Waals surface area contributed by atoms with Crippen molar-refractivity contribution in [3.8, 4) is 11.8 Å². The van der Waals surface area contributed by atoms with Crippen molar-refractivity contribution in [3.05, 3.63) is 82.7 Å². The number of hydrogen-bond acceptors (Lipinski definition) is 8. The molecule has 2 aromatic carbocycles. The molecule has 3 amide bonds. The normalized spacial score (nSPS) is 17.2. The molecule has 1 unspecified atom stereocenters. The van der Waals surface area contributed by atoms with Gasteiger partial charge in [0.15, 0.2) is 5.78 Å². The Bertz CT molecular complexity index is 2140. The summed E-state index contributed by atoms with van der Waals surface area (Å²) >= 11 is 0. The van der Waals surface area contributed by atoms with Crippen LogP contribution in [0.15, 0.2) is 54.7 Å². The van der Waals surface area contributed by atoms with Crippen molar-refractivity contribution in [2.75, 3.05) is 26.0 Å². The van der Waals surface area contributed by atoms with Gasteiger partial charge >= 0.3 is 0 Å². The minimum Gasteiger partial charge on any atom is -0.352 e. The molecule has 12 heteroatoms. The zero-order valence-corrected chi connectivity index (χ0v) is 29.4. The van der Waals surface area contributed by atoms with Gasteiger partial charge in [-0.15, -0.1) is 0 Å². The first kappa shape index (κ1) is 34.6. The third-order valence-electron chi connectivity index (χ3n) is 10.1. The van der Waals surface area contributed by atoms with Crippen molar-refractivity contribution < 1.29 is 24.0 Å². The third-order valence-corrected chi connectivity index (χ3v) is 10.1. The van der Waals surface area contributed by atoms with Crippen molar-refractivity contribution in [1.29, 1.82) is 0 Å². The molecule has 0 spiro atoms. The van der Waals surface area contributed by atoms with Crippen LogP contribution in [0.3, 0.4) is 0 Å². The highest BCUT2D eigenvalue weighted by molar-refractivity contribution is 6.07. The second-order valence-electron chi connectivity index (χ2n) is 13.9. The fraction of sp³-hybridized carbons (Fsp3) is 0.375. The van der Waals surface area contributed by atoms with Crippen LogP contribution in [0.25, 0.3) is 11.0 Å². The molecule has 1 atom stereocenters. The lowest BCUT2D eigenvalue weighted by molar-refractivity contribution is -0.133. The number of aromatic nitrogens is 3. The molecule has 0 bridgehead atoms. The van der Waals surface area contributed by atoms with Crippen molar-refractivity contribution in [2.45, 2.75) is 76.4 Å². The molecule has 4 aromatic rings. The zero-order valence-electron chi connectivity index (χ0n) is 29.4. The average Bonchev–Trinajstić information content (AvgIpc) is 3.88. The minimum atomic E-state index is -0.561. The fourth-order valence-electron chi connectivity index (χ4n) is 7.38. The van der Waals surface area contributed by atoms with Gasteiger partial charge in [0.2, 0.25) is 5.95 Å². The van der Waals surface area contributed by atoms with Crippen LogP contribution in [0.1, 0.15) is 106 Å². The first-order valence-corrected chi connectivity index (χ1v) is 17.9. The first-order chi connectivity index (χ1) is 25.2. The van der Waals surface area contributed by atoms with E-state index in [2.05, 4.69) is 32.0 Å². The Balaban J connectivity index is 0.922. The highest BCUT2D eigenvalue weighted by Crippen LogP contribution is 2.35. The predicted octanol–water partition coefficient (Wildman–Crippen LogP) is 5.20. The molecule has 0 radical (unpaired) electrons. The number of rotatable bonds is 9. The number of fused-ring (bicyclic) bond motifs is 2. The van der Waals surface area contributed by atoms with Gasteiger partial charge in [0, 0.05) is 80.0 Å². The summed E-state index contributed by atoms with van der Waals surface area (Å²) in [5.41, 5.74) is 4.73. The van der Waals surface area contributed by atoms with E-state index in [4.69, 9.17) is 4.98 Å². The van der Waals surface area contributed by atoms with Crippen molar-refractivity contribution in [2.24, 2.45) is 0 Å². The van der Waals surface area contributed by atoms with Crippen LogP contribution in [0, 0.1) is 11.8 Å². The van der Waals surface area contributed by atoms with Crippen molar-refractivity contribution >= 4 is 52.0 Å². The highest BCUT2D eigenvalue weighted by Gasteiger charge is 2.39. The maximum atomic E-state index is 13.1. The summed E-state index contributed by atoms with van der Waals surface area (Å²) in [6, 6.07) is 14.1. The second kappa shape index (κ2) is 14.8. The Labute approximate surface area is 302 Å². The molecule has 52 heavy (non-hydrogen) atoms. The van der Waals surface area contributed by atoms with Gasteiger partial charge in [-0.25, -0.2) is 4.98 Å². The molecule has 7 rings (SSSR count). The van der Waals surface area contributed by atoms with Crippen LogP contribution in [-0.2, 0) is 16.1 Å². The summed E-state index contributed by atoms with van der Waals surface area (Å²) in [6.07, 6.45) is 7.78. The van der Waals surface area contributed by atoms with E-state index in [-0.39, 0.29) is 41.8 Å². The number of carbonyl (C=O) groups is 5. The summed E-state index contributed by atoms with van der Waals surface area (Å²) in [4.78, 5) is 75.6. The Morgan fingerprint density at radius 1 is 1.02 bits per heavy atom. The van der Waals surface area contributed by atoms with E-state index < -0.39 is 6.04 Å². The maximum absolute atomic E-state index is 13.1. The van der Waals surface area contributed by atoms with Crippen LogP contribution in [0.5, 0.6) is 0 Å². The van der Waals surface area contributed by atoms with Crippen molar-refractivity contribution in [1.82, 2.24) is 29.7 Å². The van der Waals surface area contributed by atoms with Gasteiger partial charge in [0.25, 0.3) is 17.7 Å². The molecule has 2 fully saturated rings. The van der Waals surface area contributed by atoms with Crippen molar-refractivity contribution in [3.63, 3.8) is 0 Å². The van der Waals surface area contributed by atoms with Crippen LogP contribution < -0.4 is 10.6 Å². The number of ketones is 2. The fourth-order valence-corrected chi connectivity index (χ4v) is 7.38. The third kappa shape index (κ3) is 7.04. The summed E-state index contributed by atoms with van der Waals surface area (Å²) < 4.78 is 2.08. The molecule has 2 N–H and O–H groups in total. The van der Waals surface area contributed by atoms with E-state index in [1.165, 1.54) is 0 Å². The molecule has 266 valence electrons. The van der Waals surface area contributed by atoms with E-state index in [1.807, 2.05) is 12.1 Å². The Kier molecular flexibility index (Phi) is 9.85. The van der Waals surface area contributed by atoms with Gasteiger partial charge in [0.1, 0.15) is 17.1 Å². The number of amides is 3. The van der Waals surface area contributed by atoms with Crippen LogP contribution in [-0.4, -0.2) is 80.3 Å². The summed E-state index contributed by atoms with van der Waals surface area (Å²) in [5, 5.41) is 7.00. The molecule has 2 aliphatic carbocycles. The number of Topliss-reactive ketones (excluding diaryl/α,β-unsaturated/α-hetero) is 2. The lowest BCUT2D eigenvalue weighted by Crippen LogP contribution is -2.44. The first-order valence-electron chi connectivity index (χ1n) is 17.9. The van der Waals surface area contributed by atoms with Gasteiger partial charge in [-0.1, -0.05) is 30.7 Å². The molecular formula is C40H41N7O5. The lowest BCUT2D eigenvalue weighted by Gasteiger charge is -2.29. The van der Waals surface area contributed by atoms with E-state index in [1.54, 1.807) is 66.5 Å². The standard InChI is InChI=1S/C40H41N7O5/c1-45(2)39(52)34-21-27-23-42-40(44-36(27)47(34)29-11-5-6-12-29)43-28-16-14-26(15-17-28)37(50)41-20-7-3-4-9-25-10-8-13-31-32(25)24-46(38(31)51)33-19-18-30(48)22-35(33)49/h8,10,13-17,21,23,29,33H,3,5-7,11-12,18-20,22,24H2,1-2H3,(H,41,50)(H,42,43,44). The van der Waals surface area contributed by atoms with E-state index in [9.17, 15) is 24.0 Å². The molecule has 1 aliphatic heterocycles. The zero-order chi connectivity index (χ0) is 36.4. The van der Waals surface area contributed by atoms with Gasteiger partial charge in [-0.05, 0) is 73.7 Å². The monoisotopic (exact) mass is 699 g/mol. The number of anilines is 2. The average molecular weight is 700 g/mol. The molecule has 2 saturated carbocycles. The number of carbonyl (C=O) groups excluding carboxylic acids is 5. The summed E-state index contributed by atoms with van der Waals surface area (Å²) in [5.74, 6) is 6.04. The second-order valence-corrected chi connectivity index (χ2v) is 13.9. The van der Waals surface area contributed by atoms with E-state index in [0.717, 1.165) is 53.5 Å². The van der Waals surface area contributed by atoms with E-state index >= 15 is 0 Å². The number of nitrogens with one attached hydrogen (secondary N) is 2. The number of unbranched alkanes of at least 4 members (excludes halogenated alkanes) is 1. The van der Waals surface area contributed by atoms with Crippen LogP contribution >= 0.6 is 0 Å². The van der Waals surface area contributed by atoms with E-state index in [0.29, 0.717) is 61.5 Å². The Hall–Kier alpha value is -5.83. The smallest absolute Gasteiger partial charge is 0.270 e. The summed E-state index contributed by atoms with van der Waals surface area (Å²) in [6.45, 7) is 0.757. The largest absolute Gasteiger partial charge is 0.352 e. The summed E-state index contributed by atoms with van der Waals surface area (Å²) in [7, 11) is 3.51. The SMILES string of the molecule is CN(C)C(=O)c1cc2cnc(Nc3ccc(C(=O)NCCCC#Cc4cccc5c4CN(C4CCC(=O)CC4=O)C5=O)cc3)nc2n1C1CCCC1. The molecule has 2 aromatic heterocycles. The highest BCUT2D eigenvalue weighted by atomic mass is 16.2. The molecular weight excluding hydrogens is 658 g/mol. The van der Waals surface area contributed by atoms with Gasteiger partial charge < -0.3 is 25.0 Å². The van der Waals surface area contributed by atoms with Crippen LogP contribution in [0.2, 0.25) is 0 Å². The molecule has 3 aliphatic rings. The van der Waals surface area contributed by atoms with Gasteiger partial charge in [-0.3, -0.25) is 24.0 Å². The minimum absolute atomic E-state index is 0.0571. The van der Waals surface area contributed by atoms with Gasteiger partial charge in [0.05, 0.1) is 12.5 Å². The molecule has 0 saturated heterocycles. The Morgan fingerprint density at radius 3 is 2.56 bits per heavy atom. The number of hydrogen-bond donors (Lipinski definition) is 2. The molecule has 12 nitrogen and oxygen atoms in total. The van der Waals surface area contributed by atoms with Gasteiger partial charge in [-0.2, -0.15) is 4.98 Å². The van der Waals surface area contributed by atoms with Crippen LogP contribution in [0.4, 0.5) is 11.6 Å². The topological polar surface area (TPSA) is 147 Å². The maximum Gasteiger partial charge on any atom is 0.270 e. The predicted molar refractivity (Wildman–Crippen MR) is 195 cm³/mol. The number of nitrogens with zero attached hydrogens (tertiary/aromatic N) is 5.